The fourth-order valence-electron chi connectivity index (χ4n) is 2.33. The molecular weight excluding hydrogens is 265 g/mol. The Kier molecular flexibility index (Phi) is 3.84. The van der Waals surface area contributed by atoms with Gasteiger partial charge in [-0.3, -0.25) is 0 Å². The largest absolute Gasteiger partial charge is 0.457 e. The van der Waals surface area contributed by atoms with Crippen molar-refractivity contribution in [3.63, 3.8) is 0 Å². The predicted octanol–water partition coefficient (Wildman–Crippen LogP) is 4.49. The van der Waals surface area contributed by atoms with Crippen molar-refractivity contribution in [1.82, 2.24) is 5.32 Å². The Morgan fingerprint density at radius 2 is 1.76 bits per heavy atom. The summed E-state index contributed by atoms with van der Waals surface area (Å²) in [6.45, 7) is 0.556. The molecule has 3 rings (SSSR count). The average Bonchev–Trinajstić information content (AvgIpc) is 2.50. The Labute approximate surface area is 123 Å². The summed E-state index contributed by atoms with van der Waals surface area (Å²) < 4.78 is 19.3. The van der Waals surface area contributed by atoms with Crippen molar-refractivity contribution in [3.8, 4) is 11.5 Å². The second-order valence-corrected chi connectivity index (χ2v) is 4.89. The molecule has 0 radical (unpaired) electrons. The first-order valence-electron chi connectivity index (χ1n) is 6.86. The highest BCUT2D eigenvalue weighted by Gasteiger charge is 2.06. The number of fused-ring (bicyclic) bond motifs is 1. The van der Waals surface area contributed by atoms with Gasteiger partial charge in [0.2, 0.25) is 0 Å². The van der Waals surface area contributed by atoms with Gasteiger partial charge in [-0.05, 0) is 48.2 Å². The summed E-state index contributed by atoms with van der Waals surface area (Å²) in [5.74, 6) is 1.16. The van der Waals surface area contributed by atoms with E-state index in [9.17, 15) is 4.39 Å². The van der Waals surface area contributed by atoms with Gasteiger partial charge in [0, 0.05) is 12.1 Å². The first kappa shape index (κ1) is 13.6. The van der Waals surface area contributed by atoms with Crippen LogP contribution in [0.2, 0.25) is 0 Å². The third kappa shape index (κ3) is 3.03. The number of halogens is 1. The highest BCUT2D eigenvalue weighted by Crippen LogP contribution is 2.28. The standard InChI is InChI=1S/C18H16FNO/c1-20-12-15-10-16(19)7-9-18(15)21-17-8-6-13-4-2-3-5-14(13)11-17/h2-11,20H,12H2,1H3. The van der Waals surface area contributed by atoms with Crippen LogP contribution in [-0.2, 0) is 6.54 Å². The fraction of sp³-hybridized carbons (Fsp3) is 0.111. The molecule has 0 saturated carbocycles. The summed E-state index contributed by atoms with van der Waals surface area (Å²) in [5, 5.41) is 5.30. The minimum atomic E-state index is -0.258. The molecule has 0 heterocycles. The molecule has 0 fully saturated rings. The van der Waals surface area contributed by atoms with Gasteiger partial charge in [-0.2, -0.15) is 0 Å². The predicted molar refractivity (Wildman–Crippen MR) is 83.2 cm³/mol. The van der Waals surface area contributed by atoms with Crippen molar-refractivity contribution in [3.05, 3.63) is 72.0 Å². The number of hydrogen-bond donors (Lipinski definition) is 1. The fourth-order valence-corrected chi connectivity index (χ4v) is 2.33. The molecule has 106 valence electrons. The van der Waals surface area contributed by atoms with Gasteiger partial charge in [0.25, 0.3) is 0 Å². The summed E-state index contributed by atoms with van der Waals surface area (Å²) in [7, 11) is 1.82. The lowest BCUT2D eigenvalue weighted by molar-refractivity contribution is 0.472. The second kappa shape index (κ2) is 5.94. The van der Waals surface area contributed by atoms with Gasteiger partial charge in [0.1, 0.15) is 17.3 Å². The summed E-state index contributed by atoms with van der Waals surface area (Å²) in [4.78, 5) is 0. The summed E-state index contributed by atoms with van der Waals surface area (Å²) >= 11 is 0. The van der Waals surface area contributed by atoms with Crippen LogP contribution in [0.25, 0.3) is 10.8 Å². The van der Waals surface area contributed by atoms with E-state index in [0.717, 1.165) is 16.7 Å². The average molecular weight is 281 g/mol. The Morgan fingerprint density at radius 3 is 2.57 bits per heavy atom. The molecule has 0 aromatic heterocycles. The first-order chi connectivity index (χ1) is 10.3. The van der Waals surface area contributed by atoms with Crippen LogP contribution in [0, 0.1) is 5.82 Å². The molecule has 21 heavy (non-hydrogen) atoms. The van der Waals surface area contributed by atoms with Gasteiger partial charge in [-0.25, -0.2) is 4.39 Å². The molecule has 0 atom stereocenters. The van der Waals surface area contributed by atoms with E-state index >= 15 is 0 Å². The summed E-state index contributed by atoms with van der Waals surface area (Å²) in [6.07, 6.45) is 0. The SMILES string of the molecule is CNCc1cc(F)ccc1Oc1ccc2ccccc2c1. The molecule has 1 N–H and O–H groups in total. The van der Waals surface area contributed by atoms with Crippen molar-refractivity contribution in [2.45, 2.75) is 6.54 Å². The van der Waals surface area contributed by atoms with Gasteiger partial charge in [-0.15, -0.1) is 0 Å². The first-order valence-corrected chi connectivity index (χ1v) is 6.86. The lowest BCUT2D eigenvalue weighted by atomic mass is 10.1. The molecule has 3 aromatic carbocycles. The molecule has 0 amide bonds. The van der Waals surface area contributed by atoms with Gasteiger partial charge < -0.3 is 10.1 Å². The van der Waals surface area contributed by atoms with Crippen LogP contribution in [0.3, 0.4) is 0 Å². The molecule has 3 heteroatoms. The van der Waals surface area contributed by atoms with Crippen molar-refractivity contribution >= 4 is 10.8 Å². The Hall–Kier alpha value is -2.39. The van der Waals surface area contributed by atoms with Crippen LogP contribution in [-0.4, -0.2) is 7.05 Å². The number of hydrogen-bond acceptors (Lipinski definition) is 2. The number of rotatable bonds is 4. The van der Waals surface area contributed by atoms with E-state index in [1.807, 2.05) is 43.4 Å². The quantitative estimate of drug-likeness (QED) is 0.760. The lowest BCUT2D eigenvalue weighted by Gasteiger charge is -2.12. The smallest absolute Gasteiger partial charge is 0.132 e. The minimum Gasteiger partial charge on any atom is -0.457 e. The highest BCUT2D eigenvalue weighted by atomic mass is 19.1. The van der Waals surface area contributed by atoms with E-state index in [0.29, 0.717) is 12.3 Å². The number of nitrogens with one attached hydrogen (secondary N) is 1. The van der Waals surface area contributed by atoms with Crippen LogP contribution < -0.4 is 10.1 Å². The summed E-state index contributed by atoms with van der Waals surface area (Å²) in [6, 6.07) is 18.6. The Morgan fingerprint density at radius 1 is 0.952 bits per heavy atom. The third-order valence-electron chi connectivity index (χ3n) is 3.34. The van der Waals surface area contributed by atoms with Gasteiger partial charge in [0.05, 0.1) is 0 Å². The molecule has 0 spiro atoms. The van der Waals surface area contributed by atoms with Gasteiger partial charge in [-0.1, -0.05) is 30.3 Å². The highest BCUT2D eigenvalue weighted by molar-refractivity contribution is 5.83. The van der Waals surface area contributed by atoms with Crippen LogP contribution in [0.15, 0.2) is 60.7 Å². The van der Waals surface area contributed by atoms with Gasteiger partial charge in [0.15, 0.2) is 0 Å². The lowest BCUT2D eigenvalue weighted by Crippen LogP contribution is -2.06. The zero-order valence-corrected chi connectivity index (χ0v) is 11.8. The number of ether oxygens (including phenoxy) is 1. The van der Waals surface area contributed by atoms with Crippen LogP contribution in [0.1, 0.15) is 5.56 Å². The summed E-state index contributed by atoms with van der Waals surface area (Å²) in [5.41, 5.74) is 0.797. The molecule has 0 unspecified atom stereocenters. The molecule has 0 aliphatic carbocycles. The molecule has 0 bridgehead atoms. The molecule has 3 aromatic rings. The molecule has 0 aliphatic rings. The van der Waals surface area contributed by atoms with Gasteiger partial charge >= 0.3 is 0 Å². The van der Waals surface area contributed by atoms with Crippen molar-refractivity contribution in [2.75, 3.05) is 7.05 Å². The zero-order valence-electron chi connectivity index (χ0n) is 11.8. The molecular formula is C18H16FNO. The van der Waals surface area contributed by atoms with E-state index in [-0.39, 0.29) is 5.82 Å². The maximum Gasteiger partial charge on any atom is 0.132 e. The van der Waals surface area contributed by atoms with E-state index in [2.05, 4.69) is 11.4 Å². The molecule has 2 nitrogen and oxygen atoms in total. The zero-order chi connectivity index (χ0) is 14.7. The normalized spacial score (nSPS) is 10.8. The second-order valence-electron chi connectivity index (χ2n) is 4.89. The van der Waals surface area contributed by atoms with E-state index in [1.54, 1.807) is 6.07 Å². The number of benzene rings is 3. The molecule has 0 aliphatic heterocycles. The Balaban J connectivity index is 1.94. The van der Waals surface area contributed by atoms with Crippen molar-refractivity contribution in [1.29, 1.82) is 0 Å². The van der Waals surface area contributed by atoms with Crippen LogP contribution >= 0.6 is 0 Å². The molecule has 0 saturated heterocycles. The minimum absolute atomic E-state index is 0.258. The van der Waals surface area contributed by atoms with Crippen LogP contribution in [0.4, 0.5) is 4.39 Å². The van der Waals surface area contributed by atoms with Crippen molar-refractivity contribution < 1.29 is 9.13 Å². The topological polar surface area (TPSA) is 21.3 Å². The van der Waals surface area contributed by atoms with Crippen LogP contribution in [0.5, 0.6) is 11.5 Å². The van der Waals surface area contributed by atoms with E-state index < -0.39 is 0 Å². The van der Waals surface area contributed by atoms with E-state index in [4.69, 9.17) is 4.74 Å². The monoisotopic (exact) mass is 281 g/mol. The maximum atomic E-state index is 13.3. The maximum absolute atomic E-state index is 13.3. The van der Waals surface area contributed by atoms with Crippen molar-refractivity contribution in [2.24, 2.45) is 0 Å². The Bertz CT molecular complexity index is 770. The third-order valence-corrected chi connectivity index (χ3v) is 3.34. The van der Waals surface area contributed by atoms with E-state index in [1.165, 1.54) is 17.5 Å².